The Bertz CT molecular complexity index is 1040. The van der Waals surface area contributed by atoms with E-state index in [2.05, 4.69) is 29.3 Å². The highest BCUT2D eigenvalue weighted by Gasteiger charge is 2.16. The molecule has 168 valence electrons. The smallest absolute Gasteiger partial charge is 0.238 e. The second-order valence-electron chi connectivity index (χ2n) is 8.26. The zero-order chi connectivity index (χ0) is 22.5. The highest BCUT2D eigenvalue weighted by molar-refractivity contribution is 5.92. The van der Waals surface area contributed by atoms with Gasteiger partial charge in [0.05, 0.1) is 31.1 Å². The molecule has 1 aliphatic heterocycles. The van der Waals surface area contributed by atoms with Crippen molar-refractivity contribution in [2.24, 2.45) is 0 Å². The average Bonchev–Trinajstić information content (AvgIpc) is 3.09. The van der Waals surface area contributed by atoms with Gasteiger partial charge in [-0.25, -0.2) is 4.68 Å². The SMILES string of the molecule is Cc1nn(-c2ccccc2)c(C)c1CN(C)CC(=O)Nc1ccc(N2CCOCC2)cc1. The van der Waals surface area contributed by atoms with E-state index < -0.39 is 0 Å². The molecule has 0 atom stereocenters. The first-order chi connectivity index (χ1) is 15.5. The average molecular weight is 434 g/mol. The Morgan fingerprint density at radius 1 is 1.03 bits per heavy atom. The molecule has 1 aromatic heterocycles. The lowest BCUT2D eigenvalue weighted by Crippen LogP contribution is -2.36. The molecule has 0 radical (unpaired) electrons. The Labute approximate surface area is 189 Å². The predicted octanol–water partition coefficient (Wildman–Crippen LogP) is 3.40. The maximum atomic E-state index is 12.6. The summed E-state index contributed by atoms with van der Waals surface area (Å²) in [5, 5.41) is 7.71. The molecule has 0 bridgehead atoms. The van der Waals surface area contributed by atoms with E-state index in [0.29, 0.717) is 13.1 Å². The minimum Gasteiger partial charge on any atom is -0.378 e. The summed E-state index contributed by atoms with van der Waals surface area (Å²) >= 11 is 0. The minimum atomic E-state index is -0.0302. The number of hydrogen-bond donors (Lipinski definition) is 1. The van der Waals surface area contributed by atoms with Crippen LogP contribution in [-0.2, 0) is 16.1 Å². The number of ether oxygens (including phenoxy) is 1. The summed E-state index contributed by atoms with van der Waals surface area (Å²) in [4.78, 5) is 16.9. The maximum absolute atomic E-state index is 12.6. The molecule has 1 N–H and O–H groups in total. The number of nitrogens with zero attached hydrogens (tertiary/aromatic N) is 4. The van der Waals surface area contributed by atoms with E-state index in [1.807, 2.05) is 66.0 Å². The van der Waals surface area contributed by atoms with E-state index in [1.165, 1.54) is 0 Å². The number of nitrogens with one attached hydrogen (secondary N) is 1. The lowest BCUT2D eigenvalue weighted by atomic mass is 10.2. The summed E-state index contributed by atoms with van der Waals surface area (Å²) in [7, 11) is 1.96. The van der Waals surface area contributed by atoms with Gasteiger partial charge in [-0.2, -0.15) is 5.10 Å². The molecule has 0 spiro atoms. The predicted molar refractivity (Wildman–Crippen MR) is 127 cm³/mol. The molecule has 7 heteroatoms. The highest BCUT2D eigenvalue weighted by atomic mass is 16.5. The standard InChI is InChI=1S/C25H31N5O2/c1-19-24(20(2)30(27-19)23-7-5-4-6-8-23)17-28(3)18-25(31)26-21-9-11-22(12-10-21)29-13-15-32-16-14-29/h4-12H,13-18H2,1-3H3,(H,26,31). The van der Waals surface area contributed by atoms with Crippen LogP contribution in [0.5, 0.6) is 0 Å². The molecule has 32 heavy (non-hydrogen) atoms. The van der Waals surface area contributed by atoms with Gasteiger partial charge in [-0.1, -0.05) is 18.2 Å². The van der Waals surface area contributed by atoms with Gasteiger partial charge in [-0.15, -0.1) is 0 Å². The van der Waals surface area contributed by atoms with Crippen molar-refractivity contribution in [1.82, 2.24) is 14.7 Å². The van der Waals surface area contributed by atoms with Gasteiger partial charge in [-0.3, -0.25) is 9.69 Å². The van der Waals surface area contributed by atoms with E-state index in [-0.39, 0.29) is 5.91 Å². The number of aryl methyl sites for hydroxylation is 1. The number of carbonyl (C=O) groups excluding carboxylic acids is 1. The largest absolute Gasteiger partial charge is 0.378 e. The van der Waals surface area contributed by atoms with Crippen LogP contribution in [0.2, 0.25) is 0 Å². The van der Waals surface area contributed by atoms with Gasteiger partial charge in [-0.05, 0) is 57.3 Å². The number of morpholine rings is 1. The van der Waals surface area contributed by atoms with Crippen molar-refractivity contribution in [3.8, 4) is 5.69 Å². The van der Waals surface area contributed by atoms with E-state index in [9.17, 15) is 4.79 Å². The summed E-state index contributed by atoms with van der Waals surface area (Å²) in [5.41, 5.74) is 6.24. The molecule has 0 aliphatic carbocycles. The summed E-state index contributed by atoms with van der Waals surface area (Å²) < 4.78 is 7.37. The molecule has 1 aliphatic rings. The minimum absolute atomic E-state index is 0.0302. The quantitative estimate of drug-likeness (QED) is 0.619. The molecule has 2 heterocycles. The molecule has 3 aromatic rings. The lowest BCUT2D eigenvalue weighted by molar-refractivity contribution is -0.117. The van der Waals surface area contributed by atoms with Crippen molar-refractivity contribution in [3.05, 3.63) is 71.5 Å². The third-order valence-corrected chi connectivity index (χ3v) is 5.81. The summed E-state index contributed by atoms with van der Waals surface area (Å²) in [6.45, 7) is 8.38. The number of aromatic nitrogens is 2. The number of para-hydroxylation sites is 1. The Morgan fingerprint density at radius 3 is 2.41 bits per heavy atom. The van der Waals surface area contributed by atoms with Crippen molar-refractivity contribution < 1.29 is 9.53 Å². The molecule has 2 aromatic carbocycles. The van der Waals surface area contributed by atoms with Crippen LogP contribution in [0.1, 0.15) is 17.0 Å². The molecule has 1 amide bonds. The molecule has 4 rings (SSSR count). The van der Waals surface area contributed by atoms with E-state index in [4.69, 9.17) is 9.84 Å². The van der Waals surface area contributed by atoms with E-state index in [0.717, 1.165) is 60.3 Å². The second-order valence-corrected chi connectivity index (χ2v) is 8.26. The number of anilines is 2. The normalized spacial score (nSPS) is 14.1. The maximum Gasteiger partial charge on any atom is 0.238 e. The molecule has 1 saturated heterocycles. The van der Waals surface area contributed by atoms with Crippen LogP contribution in [0.25, 0.3) is 5.69 Å². The van der Waals surface area contributed by atoms with Crippen molar-refractivity contribution in [2.75, 3.05) is 50.1 Å². The Morgan fingerprint density at radius 2 is 1.72 bits per heavy atom. The van der Waals surface area contributed by atoms with Crippen molar-refractivity contribution >= 4 is 17.3 Å². The highest BCUT2D eigenvalue weighted by Crippen LogP contribution is 2.20. The van der Waals surface area contributed by atoms with Crippen LogP contribution in [0.15, 0.2) is 54.6 Å². The van der Waals surface area contributed by atoms with Crippen LogP contribution in [0, 0.1) is 13.8 Å². The number of hydrogen-bond acceptors (Lipinski definition) is 5. The summed E-state index contributed by atoms with van der Waals surface area (Å²) in [5.74, 6) is -0.0302. The molecular formula is C25H31N5O2. The molecular weight excluding hydrogens is 402 g/mol. The van der Waals surface area contributed by atoms with Gasteiger partial charge in [0.1, 0.15) is 0 Å². The number of likely N-dealkylation sites (N-methyl/N-ethyl adjacent to an activating group) is 1. The Kier molecular flexibility index (Phi) is 6.87. The fourth-order valence-electron chi connectivity index (χ4n) is 4.07. The van der Waals surface area contributed by atoms with Crippen LogP contribution in [-0.4, -0.2) is 60.5 Å². The first kappa shape index (κ1) is 22.0. The lowest BCUT2D eigenvalue weighted by Gasteiger charge is -2.28. The zero-order valence-electron chi connectivity index (χ0n) is 19.0. The van der Waals surface area contributed by atoms with Crippen molar-refractivity contribution in [1.29, 1.82) is 0 Å². The van der Waals surface area contributed by atoms with Gasteiger partial charge < -0.3 is 15.0 Å². The van der Waals surface area contributed by atoms with Gasteiger partial charge in [0.15, 0.2) is 0 Å². The van der Waals surface area contributed by atoms with Crippen LogP contribution < -0.4 is 10.2 Å². The van der Waals surface area contributed by atoms with E-state index >= 15 is 0 Å². The molecule has 0 unspecified atom stereocenters. The third-order valence-electron chi connectivity index (χ3n) is 5.81. The van der Waals surface area contributed by atoms with Crippen molar-refractivity contribution in [2.45, 2.75) is 20.4 Å². The molecule has 7 nitrogen and oxygen atoms in total. The zero-order valence-corrected chi connectivity index (χ0v) is 19.0. The molecule has 1 fully saturated rings. The van der Waals surface area contributed by atoms with Crippen LogP contribution >= 0.6 is 0 Å². The number of carbonyl (C=O) groups is 1. The molecule has 0 saturated carbocycles. The fourth-order valence-corrected chi connectivity index (χ4v) is 4.07. The fraction of sp³-hybridized carbons (Fsp3) is 0.360. The van der Waals surface area contributed by atoms with Crippen LogP contribution in [0.4, 0.5) is 11.4 Å². The number of benzene rings is 2. The monoisotopic (exact) mass is 433 g/mol. The number of rotatable bonds is 7. The van der Waals surface area contributed by atoms with Crippen molar-refractivity contribution in [3.63, 3.8) is 0 Å². The second kappa shape index (κ2) is 9.97. The third kappa shape index (κ3) is 5.18. The first-order valence-electron chi connectivity index (χ1n) is 11.0. The first-order valence-corrected chi connectivity index (χ1v) is 11.0. The Hall–Kier alpha value is -3.16. The van der Waals surface area contributed by atoms with E-state index in [1.54, 1.807) is 0 Å². The topological polar surface area (TPSA) is 62.6 Å². The Balaban J connectivity index is 1.34. The summed E-state index contributed by atoms with van der Waals surface area (Å²) in [6.07, 6.45) is 0. The van der Waals surface area contributed by atoms with Gasteiger partial charge in [0.25, 0.3) is 0 Å². The summed E-state index contributed by atoms with van der Waals surface area (Å²) in [6, 6.07) is 18.1. The number of amides is 1. The van der Waals surface area contributed by atoms with Gasteiger partial charge in [0, 0.05) is 42.3 Å². The van der Waals surface area contributed by atoms with Gasteiger partial charge >= 0.3 is 0 Å². The van der Waals surface area contributed by atoms with Crippen LogP contribution in [0.3, 0.4) is 0 Å². The van der Waals surface area contributed by atoms with Gasteiger partial charge in [0.2, 0.25) is 5.91 Å².